The average molecular weight is 386 g/mol. The van der Waals surface area contributed by atoms with E-state index in [1.54, 1.807) is 11.6 Å². The first-order valence-corrected chi connectivity index (χ1v) is 10.0. The molecule has 0 radical (unpaired) electrons. The number of nitrogens with one attached hydrogen (secondary N) is 1. The van der Waals surface area contributed by atoms with Crippen molar-refractivity contribution in [3.05, 3.63) is 35.9 Å². The summed E-state index contributed by atoms with van der Waals surface area (Å²) in [4.78, 5) is 29.7. The molecule has 152 valence electrons. The lowest BCUT2D eigenvalue weighted by Gasteiger charge is -2.45. The van der Waals surface area contributed by atoms with Crippen molar-refractivity contribution >= 4 is 24.0 Å². The summed E-state index contributed by atoms with van der Waals surface area (Å²) in [7, 11) is 0. The molecular formula is C21H30N4O3. The zero-order valence-corrected chi connectivity index (χ0v) is 16.5. The van der Waals surface area contributed by atoms with Crippen molar-refractivity contribution in [3.8, 4) is 0 Å². The van der Waals surface area contributed by atoms with Gasteiger partial charge in [-0.15, -0.1) is 0 Å². The smallest absolute Gasteiger partial charge is 0.267 e. The highest BCUT2D eigenvalue weighted by molar-refractivity contribution is 5.91. The average Bonchev–Trinajstić information content (AvgIpc) is 2.77. The largest absolute Gasteiger partial charge is 0.368 e. The van der Waals surface area contributed by atoms with Crippen molar-refractivity contribution in [1.29, 1.82) is 0 Å². The molecule has 2 atom stereocenters. The van der Waals surface area contributed by atoms with E-state index in [0.29, 0.717) is 6.17 Å². The second-order valence-corrected chi connectivity index (χ2v) is 7.56. The number of hydroxylamine groups is 1. The molecule has 1 amide bonds. The third-order valence-electron chi connectivity index (χ3n) is 5.85. The quantitative estimate of drug-likeness (QED) is 0.335. The predicted molar refractivity (Wildman–Crippen MR) is 109 cm³/mol. The number of likely N-dealkylation sites (tertiary alicyclic amines) is 1. The number of anilines is 1. The van der Waals surface area contributed by atoms with Gasteiger partial charge in [0.2, 0.25) is 0 Å². The van der Waals surface area contributed by atoms with Gasteiger partial charge in [-0.05, 0) is 44.0 Å². The number of carbonyl (C=O) groups excluding carboxylic acids is 2. The fourth-order valence-corrected chi connectivity index (χ4v) is 4.18. The first-order valence-electron chi connectivity index (χ1n) is 10.0. The lowest BCUT2D eigenvalue weighted by Crippen LogP contribution is -2.56. The molecule has 2 aliphatic rings. The lowest BCUT2D eigenvalue weighted by molar-refractivity contribution is -0.124. The van der Waals surface area contributed by atoms with E-state index in [1.807, 2.05) is 18.2 Å². The Kier molecular flexibility index (Phi) is 7.19. The van der Waals surface area contributed by atoms with E-state index in [2.05, 4.69) is 27.7 Å². The maximum absolute atomic E-state index is 11.3. The van der Waals surface area contributed by atoms with Crippen LogP contribution >= 0.6 is 0 Å². The van der Waals surface area contributed by atoms with E-state index < -0.39 is 5.91 Å². The van der Waals surface area contributed by atoms with Gasteiger partial charge in [0.05, 0.1) is 6.17 Å². The second-order valence-electron chi connectivity index (χ2n) is 7.56. The summed E-state index contributed by atoms with van der Waals surface area (Å²) >= 11 is 0. The van der Waals surface area contributed by atoms with Gasteiger partial charge in [-0.1, -0.05) is 18.2 Å². The van der Waals surface area contributed by atoms with Gasteiger partial charge in [0.1, 0.15) is 6.29 Å². The number of piperidine rings is 1. The Hall–Kier alpha value is -2.22. The number of benzene rings is 1. The molecule has 1 aromatic carbocycles. The summed E-state index contributed by atoms with van der Waals surface area (Å²) < 4.78 is 0. The standard InChI is InChI=1S/C21H30N4O3/c1-17(25-10-4-5-18(15-25)16-26)23-11-13-24(14-12-23)20-7-3-2-6-19(20)8-9-21(27)22-28/h2-3,6-9,16-18,28H,4-5,10-15H2,1H3,(H,22,27)/t17?,18-/m0/s1. The van der Waals surface area contributed by atoms with Crippen LogP contribution in [-0.2, 0) is 9.59 Å². The molecule has 7 nitrogen and oxygen atoms in total. The molecule has 0 aliphatic carbocycles. The fourth-order valence-electron chi connectivity index (χ4n) is 4.18. The summed E-state index contributed by atoms with van der Waals surface area (Å²) in [5, 5.41) is 8.66. The molecule has 0 saturated carbocycles. The van der Waals surface area contributed by atoms with Crippen LogP contribution in [0, 0.1) is 5.92 Å². The number of aldehydes is 1. The third kappa shape index (κ3) is 4.98. The van der Waals surface area contributed by atoms with E-state index in [4.69, 9.17) is 5.21 Å². The van der Waals surface area contributed by atoms with E-state index >= 15 is 0 Å². The Morgan fingerprint density at radius 2 is 1.93 bits per heavy atom. The molecule has 0 aromatic heterocycles. The van der Waals surface area contributed by atoms with Crippen LogP contribution in [0.2, 0.25) is 0 Å². The van der Waals surface area contributed by atoms with Crippen LogP contribution in [0.4, 0.5) is 5.69 Å². The summed E-state index contributed by atoms with van der Waals surface area (Å²) in [6, 6.07) is 7.98. The zero-order chi connectivity index (χ0) is 19.9. The first-order chi connectivity index (χ1) is 13.6. The maximum Gasteiger partial charge on any atom is 0.267 e. The molecule has 2 fully saturated rings. The molecular weight excluding hydrogens is 356 g/mol. The number of piperazine rings is 1. The number of hydrogen-bond acceptors (Lipinski definition) is 6. The zero-order valence-electron chi connectivity index (χ0n) is 16.5. The van der Waals surface area contributed by atoms with Gasteiger partial charge in [0, 0.05) is 50.4 Å². The van der Waals surface area contributed by atoms with Crippen LogP contribution in [0.5, 0.6) is 0 Å². The number of amides is 1. The number of nitrogens with zero attached hydrogens (tertiary/aromatic N) is 3. The Morgan fingerprint density at radius 3 is 2.64 bits per heavy atom. The summed E-state index contributed by atoms with van der Waals surface area (Å²) in [5.41, 5.74) is 3.67. The van der Waals surface area contributed by atoms with E-state index in [1.165, 1.54) is 6.08 Å². The number of carbonyl (C=O) groups is 2. The van der Waals surface area contributed by atoms with Gasteiger partial charge in [0.15, 0.2) is 0 Å². The minimum absolute atomic E-state index is 0.173. The van der Waals surface area contributed by atoms with E-state index in [0.717, 1.165) is 69.6 Å². The number of para-hydroxylation sites is 1. The second kappa shape index (κ2) is 9.82. The van der Waals surface area contributed by atoms with Crippen molar-refractivity contribution in [2.45, 2.75) is 25.9 Å². The molecule has 28 heavy (non-hydrogen) atoms. The fraction of sp³-hybridized carbons (Fsp3) is 0.524. The monoisotopic (exact) mass is 386 g/mol. The molecule has 1 unspecified atom stereocenters. The Labute approximate surface area is 166 Å². The van der Waals surface area contributed by atoms with Crippen molar-refractivity contribution in [3.63, 3.8) is 0 Å². The predicted octanol–water partition coefficient (Wildman–Crippen LogP) is 1.58. The topological polar surface area (TPSA) is 76.1 Å². The molecule has 2 saturated heterocycles. The lowest BCUT2D eigenvalue weighted by atomic mass is 9.99. The minimum atomic E-state index is -0.538. The van der Waals surface area contributed by atoms with Crippen LogP contribution in [0.15, 0.2) is 30.3 Å². The first kappa shape index (κ1) is 20.5. The van der Waals surface area contributed by atoms with Crippen molar-refractivity contribution in [2.24, 2.45) is 5.92 Å². The van der Waals surface area contributed by atoms with Gasteiger partial charge in [-0.25, -0.2) is 5.48 Å². The van der Waals surface area contributed by atoms with Crippen LogP contribution < -0.4 is 10.4 Å². The highest BCUT2D eigenvalue weighted by atomic mass is 16.5. The number of hydrogen-bond donors (Lipinski definition) is 2. The van der Waals surface area contributed by atoms with Crippen molar-refractivity contribution in [2.75, 3.05) is 44.2 Å². The Morgan fingerprint density at radius 1 is 1.18 bits per heavy atom. The minimum Gasteiger partial charge on any atom is -0.368 e. The van der Waals surface area contributed by atoms with E-state index in [-0.39, 0.29) is 5.92 Å². The van der Waals surface area contributed by atoms with Gasteiger partial charge in [-0.3, -0.25) is 19.8 Å². The Bertz CT molecular complexity index is 701. The van der Waals surface area contributed by atoms with Crippen LogP contribution in [-0.4, -0.2) is 72.6 Å². The SMILES string of the molecule is CC(N1CCN(c2ccccc2C=CC(=O)NO)CC1)N1CCC[C@H](C=O)C1. The highest BCUT2D eigenvalue weighted by Gasteiger charge is 2.29. The van der Waals surface area contributed by atoms with E-state index in [9.17, 15) is 9.59 Å². The molecule has 0 spiro atoms. The van der Waals surface area contributed by atoms with Crippen LogP contribution in [0.1, 0.15) is 25.3 Å². The van der Waals surface area contributed by atoms with Gasteiger partial charge >= 0.3 is 0 Å². The van der Waals surface area contributed by atoms with Gasteiger partial charge in [0.25, 0.3) is 5.91 Å². The van der Waals surface area contributed by atoms with Crippen LogP contribution in [0.3, 0.4) is 0 Å². The van der Waals surface area contributed by atoms with Crippen LogP contribution in [0.25, 0.3) is 6.08 Å². The molecule has 2 heterocycles. The number of rotatable bonds is 6. The van der Waals surface area contributed by atoms with Gasteiger partial charge in [-0.2, -0.15) is 0 Å². The summed E-state index contributed by atoms with van der Waals surface area (Å²) in [6.45, 7) is 7.90. The normalized spacial score (nSPS) is 22.9. The molecule has 3 rings (SSSR count). The maximum atomic E-state index is 11.3. The summed E-state index contributed by atoms with van der Waals surface area (Å²) in [5.74, 6) is -0.365. The Balaban J connectivity index is 1.60. The third-order valence-corrected chi connectivity index (χ3v) is 5.85. The van der Waals surface area contributed by atoms with Crippen molar-refractivity contribution < 1.29 is 14.8 Å². The van der Waals surface area contributed by atoms with Crippen molar-refractivity contribution in [1.82, 2.24) is 15.3 Å². The molecule has 0 bridgehead atoms. The molecule has 2 N–H and O–H groups in total. The molecule has 7 heteroatoms. The highest BCUT2D eigenvalue weighted by Crippen LogP contribution is 2.25. The molecule has 2 aliphatic heterocycles. The summed E-state index contributed by atoms with van der Waals surface area (Å²) in [6.07, 6.45) is 6.61. The van der Waals surface area contributed by atoms with Gasteiger partial charge < -0.3 is 9.69 Å². The molecule has 1 aromatic rings.